The first-order valence-electron chi connectivity index (χ1n) is 10.2. The Kier molecular flexibility index (Phi) is 4.03. The van der Waals surface area contributed by atoms with Crippen LogP contribution >= 0.6 is 0 Å². The van der Waals surface area contributed by atoms with Crippen molar-refractivity contribution >= 4 is 34.0 Å². The fourth-order valence-corrected chi connectivity index (χ4v) is 4.96. The van der Waals surface area contributed by atoms with Crippen molar-refractivity contribution in [1.82, 2.24) is 5.32 Å². The van der Waals surface area contributed by atoms with Crippen LogP contribution in [0.5, 0.6) is 0 Å². The number of carbonyl (C=O) groups excluding carboxylic acids is 2. The summed E-state index contributed by atoms with van der Waals surface area (Å²) in [5.41, 5.74) is 3.12. The summed E-state index contributed by atoms with van der Waals surface area (Å²) in [5, 5.41) is 4.79. The zero-order valence-corrected chi connectivity index (χ0v) is 15.6. The predicted octanol–water partition coefficient (Wildman–Crippen LogP) is 3.70. The normalized spacial score (nSPS) is 20.1. The highest BCUT2D eigenvalue weighted by Gasteiger charge is 2.38. The van der Waals surface area contributed by atoms with Gasteiger partial charge in [-0.05, 0) is 38.5 Å². The number of carbonyl (C=O) groups is 2. The van der Waals surface area contributed by atoms with Gasteiger partial charge >= 0.3 is 0 Å². The molecule has 3 aliphatic rings. The first-order valence-corrected chi connectivity index (χ1v) is 10.2. The fraction of sp³-hybridized carbons (Fsp3) is 0.455. The Morgan fingerprint density at radius 3 is 1.44 bits per heavy atom. The van der Waals surface area contributed by atoms with Crippen LogP contribution in [0.2, 0.25) is 0 Å². The van der Waals surface area contributed by atoms with E-state index >= 15 is 0 Å². The number of benzene rings is 2. The molecule has 3 heterocycles. The minimum absolute atomic E-state index is 0.236. The number of hydrogen-bond acceptors (Lipinski definition) is 4. The van der Waals surface area contributed by atoms with E-state index in [9.17, 15) is 9.59 Å². The van der Waals surface area contributed by atoms with Gasteiger partial charge in [0.2, 0.25) is 0 Å². The van der Waals surface area contributed by atoms with E-state index in [1.807, 2.05) is 12.1 Å². The molecule has 0 radical (unpaired) electrons. The molecule has 3 aliphatic heterocycles. The summed E-state index contributed by atoms with van der Waals surface area (Å²) in [6.45, 7) is 3.78. The van der Waals surface area contributed by atoms with Crippen LogP contribution in [0.4, 0.5) is 11.4 Å². The van der Waals surface area contributed by atoms with E-state index < -0.39 is 0 Å². The van der Waals surface area contributed by atoms with Crippen molar-refractivity contribution in [2.24, 2.45) is 0 Å². The molecule has 0 unspecified atom stereocenters. The highest BCUT2D eigenvalue weighted by molar-refractivity contribution is 6.31. The van der Waals surface area contributed by atoms with Crippen LogP contribution in [-0.2, 0) is 0 Å². The molecule has 5 rings (SSSR count). The highest BCUT2D eigenvalue weighted by atomic mass is 16.2. The molecule has 140 valence electrons. The number of hydrogen-bond donors (Lipinski definition) is 1. The van der Waals surface area contributed by atoms with E-state index in [0.29, 0.717) is 11.1 Å². The maximum Gasteiger partial charge on any atom is 0.261 e. The number of nitrogens with zero attached hydrogens (tertiary/aromatic N) is 2. The highest BCUT2D eigenvalue weighted by Crippen LogP contribution is 2.44. The lowest BCUT2D eigenvalue weighted by molar-refractivity contribution is 0.0880. The molecule has 0 bridgehead atoms. The van der Waals surface area contributed by atoms with Gasteiger partial charge in [-0.1, -0.05) is 24.3 Å². The van der Waals surface area contributed by atoms with Crippen molar-refractivity contribution in [3.05, 3.63) is 35.4 Å². The third-order valence-corrected chi connectivity index (χ3v) is 6.19. The molecule has 1 N–H and O–H groups in total. The molecule has 0 atom stereocenters. The third-order valence-electron chi connectivity index (χ3n) is 6.19. The molecule has 0 aromatic heterocycles. The summed E-state index contributed by atoms with van der Waals surface area (Å²) >= 11 is 0. The number of nitrogens with one attached hydrogen (secondary N) is 1. The molecule has 0 spiro atoms. The minimum Gasteiger partial charge on any atom is -0.370 e. The zero-order valence-electron chi connectivity index (χ0n) is 15.6. The molecule has 27 heavy (non-hydrogen) atoms. The Bertz CT molecular complexity index is 850. The Morgan fingerprint density at radius 1 is 0.630 bits per heavy atom. The monoisotopic (exact) mass is 363 g/mol. The van der Waals surface area contributed by atoms with Crippen molar-refractivity contribution < 1.29 is 9.59 Å². The lowest BCUT2D eigenvalue weighted by Crippen LogP contribution is -2.33. The molecule has 5 nitrogen and oxygen atoms in total. The predicted molar refractivity (Wildman–Crippen MR) is 108 cm³/mol. The minimum atomic E-state index is -0.236. The van der Waals surface area contributed by atoms with Crippen LogP contribution in [0.3, 0.4) is 0 Å². The number of amides is 2. The summed E-state index contributed by atoms with van der Waals surface area (Å²) in [7, 11) is 0. The molecule has 2 fully saturated rings. The SMILES string of the molecule is O=C1NC(=O)c2c1c(N1CCCCC1)c1ccccc1c2N1CCCCC1. The van der Waals surface area contributed by atoms with Crippen LogP contribution in [0.25, 0.3) is 10.8 Å². The Balaban J connectivity index is 1.82. The Morgan fingerprint density at radius 2 is 1.04 bits per heavy atom. The average molecular weight is 363 g/mol. The van der Waals surface area contributed by atoms with E-state index in [4.69, 9.17) is 0 Å². The van der Waals surface area contributed by atoms with Gasteiger partial charge < -0.3 is 9.80 Å². The molecule has 2 saturated heterocycles. The van der Waals surface area contributed by atoms with Gasteiger partial charge in [0, 0.05) is 37.0 Å². The van der Waals surface area contributed by atoms with Crippen LogP contribution in [-0.4, -0.2) is 38.0 Å². The van der Waals surface area contributed by atoms with Crippen molar-refractivity contribution in [2.75, 3.05) is 36.0 Å². The second kappa shape index (κ2) is 6.55. The standard InChI is InChI=1S/C22H25N3O2/c26-21-17-18(22(27)23-21)20(25-13-7-2-8-14-25)16-10-4-3-9-15(16)19(17)24-11-5-1-6-12-24/h3-4,9-10H,1-2,5-8,11-14H2,(H,23,26,27). The smallest absolute Gasteiger partial charge is 0.261 e. The van der Waals surface area contributed by atoms with Gasteiger partial charge in [-0.25, -0.2) is 0 Å². The van der Waals surface area contributed by atoms with Crippen LogP contribution in [0, 0.1) is 0 Å². The Hall–Kier alpha value is -2.56. The van der Waals surface area contributed by atoms with Crippen molar-refractivity contribution in [3.8, 4) is 0 Å². The lowest BCUT2D eigenvalue weighted by Gasteiger charge is -2.35. The molecule has 2 amide bonds. The number of fused-ring (bicyclic) bond motifs is 2. The first-order chi connectivity index (χ1) is 13.3. The van der Waals surface area contributed by atoms with Crippen LogP contribution in [0.15, 0.2) is 24.3 Å². The molecule has 2 aromatic rings. The van der Waals surface area contributed by atoms with Gasteiger partial charge in [-0.2, -0.15) is 0 Å². The average Bonchev–Trinajstić information content (AvgIpc) is 3.01. The fourth-order valence-electron chi connectivity index (χ4n) is 4.96. The molecular formula is C22H25N3O2. The van der Waals surface area contributed by atoms with E-state index in [1.165, 1.54) is 12.8 Å². The van der Waals surface area contributed by atoms with Gasteiger partial charge in [0.15, 0.2) is 0 Å². The second-order valence-electron chi connectivity index (χ2n) is 7.87. The summed E-state index contributed by atoms with van der Waals surface area (Å²) < 4.78 is 0. The summed E-state index contributed by atoms with van der Waals surface area (Å²) in [4.78, 5) is 30.3. The van der Waals surface area contributed by atoms with Gasteiger partial charge in [0.05, 0.1) is 22.5 Å². The summed E-state index contributed by atoms with van der Waals surface area (Å²) in [6.07, 6.45) is 6.99. The third kappa shape index (κ3) is 2.59. The molecule has 5 heteroatoms. The van der Waals surface area contributed by atoms with E-state index in [1.54, 1.807) is 0 Å². The van der Waals surface area contributed by atoms with Crippen LogP contribution < -0.4 is 15.1 Å². The number of rotatable bonds is 2. The van der Waals surface area contributed by atoms with E-state index in [-0.39, 0.29) is 11.8 Å². The summed E-state index contributed by atoms with van der Waals surface area (Å²) in [5.74, 6) is -0.473. The van der Waals surface area contributed by atoms with Crippen LogP contribution in [0.1, 0.15) is 59.2 Å². The maximum absolute atomic E-state index is 12.8. The molecule has 0 saturated carbocycles. The van der Waals surface area contributed by atoms with E-state index in [2.05, 4.69) is 27.2 Å². The van der Waals surface area contributed by atoms with Crippen molar-refractivity contribution in [3.63, 3.8) is 0 Å². The Labute approximate surface area is 159 Å². The van der Waals surface area contributed by atoms with Crippen molar-refractivity contribution in [2.45, 2.75) is 38.5 Å². The van der Waals surface area contributed by atoms with Gasteiger partial charge in [-0.15, -0.1) is 0 Å². The molecule has 2 aromatic carbocycles. The first kappa shape index (κ1) is 16.6. The van der Waals surface area contributed by atoms with Gasteiger partial charge in [0.1, 0.15) is 0 Å². The number of piperidine rings is 2. The second-order valence-corrected chi connectivity index (χ2v) is 7.87. The quantitative estimate of drug-likeness (QED) is 0.827. The van der Waals surface area contributed by atoms with Crippen molar-refractivity contribution in [1.29, 1.82) is 0 Å². The maximum atomic E-state index is 12.8. The number of imide groups is 1. The lowest BCUT2D eigenvalue weighted by atomic mass is 9.93. The van der Waals surface area contributed by atoms with Gasteiger partial charge in [0.25, 0.3) is 11.8 Å². The topological polar surface area (TPSA) is 52.7 Å². The largest absolute Gasteiger partial charge is 0.370 e. The summed E-state index contributed by atoms with van der Waals surface area (Å²) in [6, 6.07) is 8.31. The zero-order chi connectivity index (χ0) is 18.4. The van der Waals surface area contributed by atoms with Gasteiger partial charge in [-0.3, -0.25) is 14.9 Å². The van der Waals surface area contributed by atoms with E-state index in [0.717, 1.165) is 74.0 Å². The molecular weight excluding hydrogens is 338 g/mol. The number of anilines is 2. The molecule has 0 aliphatic carbocycles.